The number of aliphatic hydroxyl groups excluding tert-OH is 1. The highest BCUT2D eigenvalue weighted by Gasteiger charge is 2.46. The van der Waals surface area contributed by atoms with Crippen LogP contribution in [0.5, 0.6) is 5.75 Å². The Bertz CT molecular complexity index is 499. The van der Waals surface area contributed by atoms with Gasteiger partial charge in [0.05, 0.1) is 12.7 Å². The molecule has 1 saturated carbocycles. The number of aliphatic hydroxyl groups is 1. The minimum Gasteiger partial charge on any atom is -0.543 e. The lowest BCUT2D eigenvalue weighted by atomic mass is 9.96. The van der Waals surface area contributed by atoms with Crippen LogP contribution < -0.4 is 4.43 Å². The number of ether oxygens (including phenoxy) is 1. The maximum Gasteiger partial charge on any atom is 0.258 e. The van der Waals surface area contributed by atoms with Crippen molar-refractivity contribution in [1.82, 2.24) is 0 Å². The maximum absolute atomic E-state index is 10.3. The van der Waals surface area contributed by atoms with Gasteiger partial charge >= 0.3 is 0 Å². The number of hydrogen-bond acceptors (Lipinski definition) is 3. The Hall–Kier alpha value is -0.843. The van der Waals surface area contributed by atoms with E-state index in [0.29, 0.717) is 29.3 Å². The fourth-order valence-corrected chi connectivity index (χ4v) is 9.43. The van der Waals surface area contributed by atoms with Crippen molar-refractivity contribution in [3.63, 3.8) is 0 Å². The molecule has 142 valence electrons. The second-order valence-electron chi connectivity index (χ2n) is 8.39. The Balaban J connectivity index is 2.04. The molecule has 1 N–H and O–H groups in total. The minimum atomic E-state index is -1.93. The predicted octanol–water partition coefficient (Wildman–Crippen LogP) is 5.84. The summed E-state index contributed by atoms with van der Waals surface area (Å²) >= 11 is 0. The molecule has 3 nitrogen and oxygen atoms in total. The van der Waals surface area contributed by atoms with Crippen LogP contribution in [0.3, 0.4) is 0 Å². The van der Waals surface area contributed by atoms with Gasteiger partial charge in [0.15, 0.2) is 0 Å². The van der Waals surface area contributed by atoms with Crippen molar-refractivity contribution in [3.05, 3.63) is 29.8 Å². The molecule has 0 amide bonds. The molecule has 4 heteroatoms. The summed E-state index contributed by atoms with van der Waals surface area (Å²) in [7, 11) is -1.93. The molecule has 25 heavy (non-hydrogen) atoms. The summed E-state index contributed by atoms with van der Waals surface area (Å²) in [5.41, 5.74) is 2.55. The van der Waals surface area contributed by atoms with E-state index in [1.165, 1.54) is 6.42 Å². The summed E-state index contributed by atoms with van der Waals surface area (Å²) in [4.78, 5) is 0. The van der Waals surface area contributed by atoms with Crippen LogP contribution >= 0.6 is 0 Å². The second kappa shape index (κ2) is 8.70. The zero-order valence-electron chi connectivity index (χ0n) is 16.8. The van der Waals surface area contributed by atoms with Crippen LogP contribution in [0.25, 0.3) is 0 Å². The third-order valence-corrected chi connectivity index (χ3v) is 11.8. The molecule has 1 fully saturated rings. The molecule has 1 aromatic carbocycles. The van der Waals surface area contributed by atoms with Crippen molar-refractivity contribution < 1.29 is 14.3 Å². The van der Waals surface area contributed by atoms with Crippen LogP contribution in [0, 0.1) is 0 Å². The largest absolute Gasteiger partial charge is 0.543 e. The lowest BCUT2D eigenvalue weighted by Gasteiger charge is -2.42. The molecule has 1 aliphatic carbocycles. The van der Waals surface area contributed by atoms with Gasteiger partial charge < -0.3 is 14.3 Å². The van der Waals surface area contributed by atoms with Crippen LogP contribution in [0.15, 0.2) is 24.3 Å². The van der Waals surface area contributed by atoms with E-state index in [4.69, 9.17) is 9.16 Å². The third-order valence-electron chi connectivity index (χ3n) is 5.81. The van der Waals surface area contributed by atoms with Crippen molar-refractivity contribution >= 4 is 8.32 Å². The van der Waals surface area contributed by atoms with E-state index in [1.807, 2.05) is 24.3 Å². The SMILES string of the molecule is CC(C)[Si](Oc1ccc(C(O)COC2CCC2)cc1)(C(C)C)C(C)C. The first-order valence-electron chi connectivity index (χ1n) is 9.86. The van der Waals surface area contributed by atoms with Crippen molar-refractivity contribution in [2.24, 2.45) is 0 Å². The van der Waals surface area contributed by atoms with E-state index in [9.17, 15) is 5.11 Å². The third kappa shape index (κ3) is 4.66. The van der Waals surface area contributed by atoms with Crippen molar-refractivity contribution in [2.75, 3.05) is 6.61 Å². The molecule has 0 spiro atoms. The summed E-state index contributed by atoms with van der Waals surface area (Å²) in [6, 6.07) is 7.97. The second-order valence-corrected chi connectivity index (χ2v) is 13.8. The Morgan fingerprint density at radius 2 is 1.48 bits per heavy atom. The molecule has 1 aromatic rings. The van der Waals surface area contributed by atoms with Crippen LogP contribution in [-0.4, -0.2) is 26.1 Å². The van der Waals surface area contributed by atoms with Gasteiger partial charge in [0.25, 0.3) is 8.32 Å². The van der Waals surface area contributed by atoms with E-state index < -0.39 is 14.4 Å². The van der Waals surface area contributed by atoms with Gasteiger partial charge in [0.1, 0.15) is 11.9 Å². The molecule has 2 rings (SSSR count). The Morgan fingerprint density at radius 3 is 1.88 bits per heavy atom. The molecule has 0 saturated heterocycles. The minimum absolute atomic E-state index is 0.354. The zero-order valence-corrected chi connectivity index (χ0v) is 17.8. The summed E-state index contributed by atoms with van der Waals surface area (Å²) in [5.74, 6) is 0.929. The van der Waals surface area contributed by atoms with E-state index >= 15 is 0 Å². The van der Waals surface area contributed by atoms with E-state index in [2.05, 4.69) is 41.5 Å². The standard InChI is InChI=1S/C21H36O3Si/c1-15(2)25(16(3)4,17(5)6)24-20-12-10-18(11-13-20)21(22)14-23-19-8-7-9-19/h10-13,15-17,19,21-22H,7-9,14H2,1-6H3. The lowest BCUT2D eigenvalue weighted by molar-refractivity contribution is -0.0426. The Kier molecular flexibility index (Phi) is 7.12. The first-order chi connectivity index (χ1) is 11.8. The number of rotatable bonds is 9. The topological polar surface area (TPSA) is 38.7 Å². The summed E-state index contributed by atoms with van der Waals surface area (Å²) in [6.45, 7) is 14.1. The quantitative estimate of drug-likeness (QED) is 0.559. The molecular formula is C21H36O3Si. The molecule has 1 aliphatic rings. The van der Waals surface area contributed by atoms with Gasteiger partial charge in [-0.2, -0.15) is 0 Å². The van der Waals surface area contributed by atoms with Gasteiger partial charge in [-0.1, -0.05) is 53.7 Å². The fraction of sp³-hybridized carbons (Fsp3) is 0.714. The first-order valence-corrected chi connectivity index (χ1v) is 12.0. The fourth-order valence-electron chi connectivity index (χ4n) is 4.18. The molecule has 0 radical (unpaired) electrons. The van der Waals surface area contributed by atoms with Gasteiger partial charge in [-0.25, -0.2) is 0 Å². The zero-order chi connectivity index (χ0) is 18.6. The van der Waals surface area contributed by atoms with E-state index in [-0.39, 0.29) is 0 Å². The lowest BCUT2D eigenvalue weighted by Crippen LogP contribution is -2.50. The Morgan fingerprint density at radius 1 is 0.960 bits per heavy atom. The summed E-state index contributed by atoms with van der Waals surface area (Å²) in [6.07, 6.45) is 3.31. The molecule has 0 heterocycles. The summed E-state index contributed by atoms with van der Waals surface area (Å²) < 4.78 is 12.4. The van der Waals surface area contributed by atoms with Crippen LogP contribution in [-0.2, 0) is 4.74 Å². The van der Waals surface area contributed by atoms with Gasteiger partial charge in [-0.3, -0.25) is 0 Å². The highest BCUT2D eigenvalue weighted by Crippen LogP contribution is 2.42. The predicted molar refractivity (Wildman–Crippen MR) is 107 cm³/mol. The van der Waals surface area contributed by atoms with Gasteiger partial charge in [-0.05, 0) is 53.6 Å². The smallest absolute Gasteiger partial charge is 0.258 e. The molecule has 0 aromatic heterocycles. The van der Waals surface area contributed by atoms with E-state index in [1.54, 1.807) is 0 Å². The van der Waals surface area contributed by atoms with Crippen LogP contribution in [0.4, 0.5) is 0 Å². The van der Waals surface area contributed by atoms with Crippen molar-refractivity contribution in [3.8, 4) is 5.75 Å². The van der Waals surface area contributed by atoms with Crippen molar-refractivity contribution in [2.45, 2.75) is 89.6 Å². The molecule has 1 atom stereocenters. The molecular weight excluding hydrogens is 328 g/mol. The Labute approximate surface area is 154 Å². The average Bonchev–Trinajstić information content (AvgIpc) is 2.50. The average molecular weight is 365 g/mol. The number of hydrogen-bond donors (Lipinski definition) is 1. The van der Waals surface area contributed by atoms with Crippen molar-refractivity contribution in [1.29, 1.82) is 0 Å². The van der Waals surface area contributed by atoms with Gasteiger partial charge in [0, 0.05) is 0 Å². The number of benzene rings is 1. The molecule has 0 aliphatic heterocycles. The van der Waals surface area contributed by atoms with Gasteiger partial charge in [-0.15, -0.1) is 0 Å². The highest BCUT2D eigenvalue weighted by atomic mass is 28.4. The van der Waals surface area contributed by atoms with Gasteiger partial charge in [0.2, 0.25) is 0 Å². The monoisotopic (exact) mass is 364 g/mol. The van der Waals surface area contributed by atoms with Crippen LogP contribution in [0.2, 0.25) is 16.6 Å². The molecule has 0 bridgehead atoms. The van der Waals surface area contributed by atoms with Crippen LogP contribution in [0.1, 0.15) is 72.5 Å². The molecule has 1 unspecified atom stereocenters. The highest BCUT2D eigenvalue weighted by molar-refractivity contribution is 6.78. The maximum atomic E-state index is 10.3. The summed E-state index contributed by atoms with van der Waals surface area (Å²) in [5, 5.41) is 10.3. The van der Waals surface area contributed by atoms with E-state index in [0.717, 1.165) is 24.2 Å². The first kappa shape index (κ1) is 20.5. The normalized spacial score (nSPS) is 17.2.